The predicted molar refractivity (Wildman–Crippen MR) is 107 cm³/mol. The average molecular weight is 408 g/mol. The lowest BCUT2D eigenvalue weighted by atomic mass is 9.48. The Kier molecular flexibility index (Phi) is 3.08. The highest BCUT2D eigenvalue weighted by Gasteiger charge is 2.63. The van der Waals surface area contributed by atoms with Crippen LogP contribution in [0.3, 0.4) is 0 Å². The second-order valence-corrected chi connectivity index (χ2v) is 9.45. The highest BCUT2D eigenvalue weighted by molar-refractivity contribution is 9.10. The van der Waals surface area contributed by atoms with Gasteiger partial charge in [-0.15, -0.1) is 0 Å². The van der Waals surface area contributed by atoms with Crippen molar-refractivity contribution in [3.05, 3.63) is 64.0 Å². The van der Waals surface area contributed by atoms with Gasteiger partial charge in [0, 0.05) is 38.8 Å². The molecular weight excluding hydrogens is 386 g/mol. The number of fused-ring (bicyclic) bond motifs is 3. The van der Waals surface area contributed by atoms with Crippen molar-refractivity contribution >= 4 is 26.8 Å². The van der Waals surface area contributed by atoms with Gasteiger partial charge in [0.1, 0.15) is 0 Å². The van der Waals surface area contributed by atoms with Gasteiger partial charge in [-0.1, -0.05) is 18.2 Å². The quantitative estimate of drug-likeness (QED) is 0.631. The highest BCUT2D eigenvalue weighted by Crippen LogP contribution is 2.64. The Morgan fingerprint density at radius 2 is 1.96 bits per heavy atom. The molecule has 132 valence electrons. The number of halogens is 1. The van der Waals surface area contributed by atoms with E-state index in [1.807, 2.05) is 6.20 Å². The number of aromatic amines is 1. The Morgan fingerprint density at radius 1 is 1.15 bits per heavy atom. The molecule has 0 unspecified atom stereocenters. The molecule has 0 radical (unpaired) electrons. The third-order valence-corrected chi connectivity index (χ3v) is 7.43. The molecule has 3 aliphatic carbocycles. The number of benzene rings is 1. The Morgan fingerprint density at radius 3 is 2.65 bits per heavy atom. The zero-order valence-electron chi connectivity index (χ0n) is 14.9. The van der Waals surface area contributed by atoms with Crippen LogP contribution in [0.25, 0.3) is 10.9 Å². The first-order valence-corrected chi connectivity index (χ1v) is 10.4. The number of rotatable bonds is 2. The van der Waals surface area contributed by atoms with Crippen LogP contribution in [0.4, 0.5) is 0 Å². The van der Waals surface area contributed by atoms with E-state index in [1.54, 1.807) is 0 Å². The smallest absolute Gasteiger partial charge is 0.0937 e. The van der Waals surface area contributed by atoms with Crippen molar-refractivity contribution in [3.63, 3.8) is 0 Å². The maximum Gasteiger partial charge on any atom is 0.0937 e. The van der Waals surface area contributed by atoms with Gasteiger partial charge in [-0.3, -0.25) is 9.88 Å². The van der Waals surface area contributed by atoms with Crippen molar-refractivity contribution < 1.29 is 0 Å². The molecule has 4 heteroatoms. The minimum absolute atomic E-state index is 0.232. The molecule has 2 bridgehead atoms. The standard InChI is InChI=1S/C22H22BrN3/c1-13-8-17-16-4-2-3-5-18(16)25-20(17)21(19-7-6-15(23)12-24-19)26(13)22-9-14(10-22)11-22/h2-7,12-14,21,25H,8-11H2,1H3/t13-,14?,21-,22?/m1/s1. The Hall–Kier alpha value is -1.65. The topological polar surface area (TPSA) is 31.9 Å². The van der Waals surface area contributed by atoms with Crippen LogP contribution in [0.15, 0.2) is 47.1 Å². The van der Waals surface area contributed by atoms with Gasteiger partial charge in [0.25, 0.3) is 0 Å². The molecular formula is C22H22BrN3. The molecule has 0 spiro atoms. The van der Waals surface area contributed by atoms with Crippen LogP contribution in [0.2, 0.25) is 0 Å². The van der Waals surface area contributed by atoms with Gasteiger partial charge in [0.05, 0.1) is 11.7 Å². The molecule has 3 fully saturated rings. The Bertz CT molecular complexity index is 989. The number of nitrogens with one attached hydrogen (secondary N) is 1. The number of aromatic nitrogens is 2. The lowest BCUT2D eigenvalue weighted by Crippen LogP contribution is -2.71. The molecule has 1 aliphatic heterocycles. The number of H-pyrrole nitrogens is 1. The zero-order valence-corrected chi connectivity index (χ0v) is 16.5. The van der Waals surface area contributed by atoms with Crippen LogP contribution in [0.1, 0.15) is 49.2 Å². The van der Waals surface area contributed by atoms with Crippen LogP contribution < -0.4 is 0 Å². The molecule has 2 aromatic heterocycles. The van der Waals surface area contributed by atoms with Gasteiger partial charge in [-0.2, -0.15) is 0 Å². The summed E-state index contributed by atoms with van der Waals surface area (Å²) in [7, 11) is 0. The molecule has 2 atom stereocenters. The SMILES string of the molecule is C[C@@H]1Cc2c([nH]c3ccccc23)[C@@H](c2ccc(Br)cn2)N1C12CC(C1)C2. The largest absolute Gasteiger partial charge is 0.357 e. The van der Waals surface area contributed by atoms with E-state index < -0.39 is 0 Å². The van der Waals surface area contributed by atoms with Gasteiger partial charge in [-0.25, -0.2) is 0 Å². The average Bonchev–Trinajstić information content (AvgIpc) is 2.92. The monoisotopic (exact) mass is 407 g/mol. The lowest BCUT2D eigenvalue weighted by Gasteiger charge is -2.69. The van der Waals surface area contributed by atoms with Crippen LogP contribution in [0.5, 0.6) is 0 Å². The summed E-state index contributed by atoms with van der Waals surface area (Å²) >= 11 is 3.54. The van der Waals surface area contributed by atoms with Crippen molar-refractivity contribution in [1.82, 2.24) is 14.9 Å². The fraction of sp³-hybridized carbons (Fsp3) is 0.409. The van der Waals surface area contributed by atoms with E-state index >= 15 is 0 Å². The number of hydrogen-bond acceptors (Lipinski definition) is 2. The zero-order chi connectivity index (χ0) is 17.5. The number of nitrogens with zero attached hydrogens (tertiary/aromatic N) is 2. The minimum atomic E-state index is 0.232. The van der Waals surface area contributed by atoms with Gasteiger partial charge < -0.3 is 4.98 Å². The molecule has 3 heterocycles. The number of pyridine rings is 1. The molecule has 0 amide bonds. The molecule has 26 heavy (non-hydrogen) atoms. The fourth-order valence-electron chi connectivity index (χ4n) is 5.79. The molecule has 7 rings (SSSR count). The van der Waals surface area contributed by atoms with Crippen molar-refractivity contribution in [2.75, 3.05) is 0 Å². The third-order valence-electron chi connectivity index (χ3n) is 6.96. The summed E-state index contributed by atoms with van der Waals surface area (Å²) in [5.74, 6) is 0.977. The molecule has 4 aliphatic rings. The van der Waals surface area contributed by atoms with Crippen molar-refractivity contribution in [3.8, 4) is 0 Å². The van der Waals surface area contributed by atoms with E-state index in [1.165, 1.54) is 41.4 Å². The van der Waals surface area contributed by atoms with Crippen LogP contribution in [-0.2, 0) is 6.42 Å². The minimum Gasteiger partial charge on any atom is -0.357 e. The predicted octanol–water partition coefficient (Wildman–Crippen LogP) is 5.21. The van der Waals surface area contributed by atoms with Gasteiger partial charge in [-0.05, 0) is 78.2 Å². The first-order valence-electron chi connectivity index (χ1n) is 9.64. The summed E-state index contributed by atoms with van der Waals surface area (Å²) in [6.45, 7) is 2.41. The first-order chi connectivity index (χ1) is 12.6. The molecule has 3 saturated carbocycles. The fourth-order valence-corrected chi connectivity index (χ4v) is 6.03. The summed E-state index contributed by atoms with van der Waals surface area (Å²) in [5, 5.41) is 1.38. The molecule has 1 N–H and O–H groups in total. The van der Waals surface area contributed by atoms with E-state index in [2.05, 4.69) is 69.1 Å². The van der Waals surface area contributed by atoms with E-state index in [4.69, 9.17) is 4.98 Å². The molecule has 3 aromatic rings. The Labute approximate surface area is 161 Å². The van der Waals surface area contributed by atoms with Gasteiger partial charge >= 0.3 is 0 Å². The maximum absolute atomic E-state index is 4.84. The third kappa shape index (κ3) is 1.95. The van der Waals surface area contributed by atoms with Gasteiger partial charge in [0.15, 0.2) is 0 Å². The van der Waals surface area contributed by atoms with E-state index in [-0.39, 0.29) is 6.04 Å². The van der Waals surface area contributed by atoms with Crippen molar-refractivity contribution in [2.45, 2.75) is 50.2 Å². The second-order valence-electron chi connectivity index (χ2n) is 8.53. The summed E-state index contributed by atoms with van der Waals surface area (Å²) in [6, 6.07) is 13.8. The molecule has 0 saturated heterocycles. The summed E-state index contributed by atoms with van der Waals surface area (Å²) < 4.78 is 1.04. The summed E-state index contributed by atoms with van der Waals surface area (Å²) in [5.41, 5.74) is 5.69. The normalized spacial score (nSPS) is 32.8. The maximum atomic E-state index is 4.84. The molecule has 1 aromatic carbocycles. The number of para-hydroxylation sites is 1. The first kappa shape index (κ1) is 15.4. The van der Waals surface area contributed by atoms with Crippen molar-refractivity contribution in [1.29, 1.82) is 0 Å². The van der Waals surface area contributed by atoms with Gasteiger partial charge in [0.2, 0.25) is 0 Å². The van der Waals surface area contributed by atoms with Crippen molar-refractivity contribution in [2.24, 2.45) is 5.92 Å². The Balaban J connectivity index is 1.57. The number of hydrogen-bond donors (Lipinski definition) is 1. The van der Waals surface area contributed by atoms with Crippen LogP contribution >= 0.6 is 15.9 Å². The summed E-state index contributed by atoms with van der Waals surface area (Å²) in [4.78, 5) is 11.4. The van der Waals surface area contributed by atoms with E-state index in [9.17, 15) is 0 Å². The lowest BCUT2D eigenvalue weighted by molar-refractivity contribution is -0.174. The van der Waals surface area contributed by atoms with E-state index in [0.717, 1.165) is 22.5 Å². The second kappa shape index (κ2) is 5.20. The summed E-state index contributed by atoms with van der Waals surface area (Å²) in [6.07, 6.45) is 7.19. The van der Waals surface area contributed by atoms with Crippen LogP contribution in [-0.4, -0.2) is 26.4 Å². The highest BCUT2D eigenvalue weighted by atomic mass is 79.9. The molecule has 3 nitrogen and oxygen atoms in total. The van der Waals surface area contributed by atoms with E-state index in [0.29, 0.717) is 11.6 Å². The van der Waals surface area contributed by atoms with Crippen LogP contribution in [0, 0.1) is 5.92 Å².